The average Bonchev–Trinajstić information content (AvgIpc) is 2.30. The van der Waals surface area contributed by atoms with Gasteiger partial charge in [0.1, 0.15) is 11.8 Å². The van der Waals surface area contributed by atoms with Crippen LogP contribution in [0.5, 0.6) is 0 Å². The third-order valence-electron chi connectivity index (χ3n) is 5.29. The third kappa shape index (κ3) is 2.66. The Bertz CT molecular complexity index is 388. The molecule has 0 heterocycles. The highest BCUT2D eigenvalue weighted by Gasteiger charge is 2.55. The van der Waals surface area contributed by atoms with Crippen LogP contribution in [-0.4, -0.2) is 24.4 Å². The van der Waals surface area contributed by atoms with Crippen LogP contribution in [-0.2, 0) is 4.74 Å². The molecule has 114 valence electrons. The standard InChI is InChI=1S/C16H26FNO2/c1-15(2,3)20-14(19)18-9-16-6-10-4-11(7-16)13(17)12(5-10)8-16/h10-13H,4-9H2,1-3H3,(H,18,19). The second-order valence-electron chi connectivity index (χ2n) is 8.27. The van der Waals surface area contributed by atoms with Crippen LogP contribution < -0.4 is 5.32 Å². The van der Waals surface area contributed by atoms with Crippen molar-refractivity contribution in [2.24, 2.45) is 23.2 Å². The summed E-state index contributed by atoms with van der Waals surface area (Å²) < 4.78 is 19.5. The van der Waals surface area contributed by atoms with Gasteiger partial charge in [-0.25, -0.2) is 9.18 Å². The molecule has 2 unspecified atom stereocenters. The van der Waals surface area contributed by atoms with Gasteiger partial charge in [0.25, 0.3) is 0 Å². The number of ether oxygens (including phenoxy) is 1. The largest absolute Gasteiger partial charge is 0.444 e. The van der Waals surface area contributed by atoms with Crippen molar-refractivity contribution in [2.75, 3.05) is 6.54 Å². The number of carbonyl (C=O) groups is 1. The molecule has 0 aliphatic heterocycles. The van der Waals surface area contributed by atoms with E-state index in [1.807, 2.05) is 20.8 Å². The van der Waals surface area contributed by atoms with Crippen molar-refractivity contribution >= 4 is 6.09 Å². The number of amides is 1. The predicted molar refractivity (Wildman–Crippen MR) is 75.1 cm³/mol. The number of nitrogens with one attached hydrogen (secondary N) is 1. The van der Waals surface area contributed by atoms with Crippen LogP contribution in [0.15, 0.2) is 0 Å². The lowest BCUT2D eigenvalue weighted by Gasteiger charge is -2.58. The number of alkyl halides is 1. The van der Waals surface area contributed by atoms with Crippen LogP contribution >= 0.6 is 0 Å². The minimum Gasteiger partial charge on any atom is -0.444 e. The van der Waals surface area contributed by atoms with E-state index in [0.29, 0.717) is 12.5 Å². The maximum atomic E-state index is 14.2. The molecule has 4 bridgehead atoms. The monoisotopic (exact) mass is 283 g/mol. The van der Waals surface area contributed by atoms with Crippen molar-refractivity contribution in [1.82, 2.24) is 5.32 Å². The van der Waals surface area contributed by atoms with Gasteiger partial charge in [0.2, 0.25) is 0 Å². The highest BCUT2D eigenvalue weighted by Crippen LogP contribution is 2.60. The van der Waals surface area contributed by atoms with E-state index in [0.717, 1.165) is 32.1 Å². The van der Waals surface area contributed by atoms with Gasteiger partial charge < -0.3 is 10.1 Å². The number of carbonyl (C=O) groups excluding carboxylic acids is 1. The summed E-state index contributed by atoms with van der Waals surface area (Å²) in [6.45, 7) is 6.25. The average molecular weight is 283 g/mol. The van der Waals surface area contributed by atoms with Crippen LogP contribution in [0.2, 0.25) is 0 Å². The Morgan fingerprint density at radius 2 is 1.85 bits per heavy atom. The van der Waals surface area contributed by atoms with E-state index in [1.165, 1.54) is 0 Å². The van der Waals surface area contributed by atoms with Crippen molar-refractivity contribution < 1.29 is 13.9 Å². The van der Waals surface area contributed by atoms with Crippen LogP contribution in [0, 0.1) is 23.2 Å². The summed E-state index contributed by atoms with van der Waals surface area (Å²) in [6.07, 6.45) is 4.22. The Morgan fingerprint density at radius 3 is 2.40 bits per heavy atom. The maximum Gasteiger partial charge on any atom is 0.407 e. The molecule has 4 aliphatic carbocycles. The first kappa shape index (κ1) is 14.2. The molecule has 4 aliphatic rings. The zero-order chi connectivity index (χ0) is 14.5. The first-order valence-corrected chi connectivity index (χ1v) is 7.87. The van der Waals surface area contributed by atoms with Gasteiger partial charge in [-0.3, -0.25) is 0 Å². The zero-order valence-electron chi connectivity index (χ0n) is 12.7. The first-order chi connectivity index (χ1) is 9.26. The third-order valence-corrected chi connectivity index (χ3v) is 5.29. The predicted octanol–water partition coefficient (Wildman–Crippen LogP) is 3.68. The maximum absolute atomic E-state index is 14.2. The van der Waals surface area contributed by atoms with E-state index >= 15 is 0 Å². The minimum atomic E-state index is -0.596. The molecular weight excluding hydrogens is 257 g/mol. The fourth-order valence-corrected chi connectivity index (χ4v) is 4.92. The summed E-state index contributed by atoms with van der Waals surface area (Å²) in [6, 6.07) is 0. The van der Waals surface area contributed by atoms with Gasteiger partial charge >= 0.3 is 6.09 Å². The molecule has 4 heteroatoms. The van der Waals surface area contributed by atoms with E-state index in [1.54, 1.807) is 0 Å². The molecule has 2 atom stereocenters. The number of hydrogen-bond donors (Lipinski definition) is 1. The number of rotatable bonds is 2. The van der Waals surface area contributed by atoms with Crippen molar-refractivity contribution in [1.29, 1.82) is 0 Å². The smallest absolute Gasteiger partial charge is 0.407 e. The van der Waals surface area contributed by atoms with E-state index in [2.05, 4.69) is 5.32 Å². The van der Waals surface area contributed by atoms with Gasteiger partial charge in [0.15, 0.2) is 0 Å². The Labute approximate surface area is 120 Å². The van der Waals surface area contributed by atoms with Crippen molar-refractivity contribution in [3.63, 3.8) is 0 Å². The molecule has 3 nitrogen and oxygen atoms in total. The van der Waals surface area contributed by atoms with Crippen LogP contribution in [0.1, 0.15) is 52.9 Å². The molecule has 4 rings (SSSR count). The molecule has 0 aromatic carbocycles. The number of hydrogen-bond acceptors (Lipinski definition) is 2. The summed E-state index contributed by atoms with van der Waals surface area (Å²) in [5.74, 6) is 1.16. The van der Waals surface area contributed by atoms with Gasteiger partial charge in [-0.1, -0.05) is 0 Å². The quantitative estimate of drug-likeness (QED) is 0.839. The van der Waals surface area contributed by atoms with E-state index in [-0.39, 0.29) is 23.3 Å². The fourth-order valence-electron chi connectivity index (χ4n) is 4.92. The second kappa shape index (κ2) is 4.60. The van der Waals surface area contributed by atoms with Crippen molar-refractivity contribution in [2.45, 2.75) is 64.6 Å². The van der Waals surface area contributed by atoms with Gasteiger partial charge in [0.05, 0.1) is 0 Å². The molecule has 0 aromatic heterocycles. The summed E-state index contributed by atoms with van der Waals surface area (Å²) in [7, 11) is 0. The van der Waals surface area contributed by atoms with Gasteiger partial charge in [0, 0.05) is 6.54 Å². The molecule has 20 heavy (non-hydrogen) atoms. The number of halogens is 1. The lowest BCUT2D eigenvalue weighted by atomic mass is 9.49. The molecule has 4 fully saturated rings. The Morgan fingerprint density at radius 1 is 1.25 bits per heavy atom. The van der Waals surface area contributed by atoms with Crippen molar-refractivity contribution in [3.05, 3.63) is 0 Å². The molecule has 4 saturated carbocycles. The van der Waals surface area contributed by atoms with Gasteiger partial charge in [-0.15, -0.1) is 0 Å². The molecule has 0 radical (unpaired) electrons. The van der Waals surface area contributed by atoms with Gasteiger partial charge in [-0.2, -0.15) is 0 Å². The first-order valence-electron chi connectivity index (χ1n) is 7.87. The number of alkyl carbamates (subject to hydrolysis) is 1. The highest BCUT2D eigenvalue weighted by molar-refractivity contribution is 5.67. The topological polar surface area (TPSA) is 38.3 Å². The second-order valence-corrected chi connectivity index (χ2v) is 8.27. The summed E-state index contributed by atoms with van der Waals surface area (Å²) >= 11 is 0. The Kier molecular flexibility index (Phi) is 3.26. The SMILES string of the molecule is CC(C)(C)OC(=O)NCC12CC3CC(C1)C(F)C(C3)C2. The molecular formula is C16H26FNO2. The molecule has 0 aromatic rings. The normalized spacial score (nSPS) is 42.6. The summed E-state index contributed by atoms with van der Waals surface area (Å²) in [5, 5.41) is 2.93. The minimum absolute atomic E-state index is 0.135. The lowest BCUT2D eigenvalue weighted by Crippen LogP contribution is -2.55. The summed E-state index contributed by atoms with van der Waals surface area (Å²) in [5.41, 5.74) is -0.328. The molecule has 0 spiro atoms. The van der Waals surface area contributed by atoms with Crippen LogP contribution in [0.3, 0.4) is 0 Å². The molecule has 1 amide bonds. The van der Waals surface area contributed by atoms with E-state index < -0.39 is 11.8 Å². The fraction of sp³-hybridized carbons (Fsp3) is 0.938. The molecule has 0 saturated heterocycles. The van der Waals surface area contributed by atoms with Gasteiger partial charge in [-0.05, 0) is 76.0 Å². The zero-order valence-corrected chi connectivity index (χ0v) is 12.7. The Balaban J connectivity index is 1.59. The highest BCUT2D eigenvalue weighted by atomic mass is 19.1. The Hall–Kier alpha value is -0.800. The summed E-state index contributed by atoms with van der Waals surface area (Å²) in [4.78, 5) is 11.8. The van der Waals surface area contributed by atoms with Crippen LogP contribution in [0.25, 0.3) is 0 Å². The van der Waals surface area contributed by atoms with Crippen LogP contribution in [0.4, 0.5) is 9.18 Å². The molecule has 1 N–H and O–H groups in total. The van der Waals surface area contributed by atoms with E-state index in [4.69, 9.17) is 4.74 Å². The lowest BCUT2D eigenvalue weighted by molar-refractivity contribution is -0.103. The van der Waals surface area contributed by atoms with E-state index in [9.17, 15) is 9.18 Å². The van der Waals surface area contributed by atoms with Crippen molar-refractivity contribution in [3.8, 4) is 0 Å².